The van der Waals surface area contributed by atoms with Crippen molar-refractivity contribution < 1.29 is 13.2 Å². The summed E-state index contributed by atoms with van der Waals surface area (Å²) >= 11 is 0. The van der Waals surface area contributed by atoms with Crippen LogP contribution in [0.5, 0.6) is 0 Å². The van der Waals surface area contributed by atoms with Crippen molar-refractivity contribution in [3.63, 3.8) is 0 Å². The second-order valence-electron chi connectivity index (χ2n) is 5.50. The lowest BCUT2D eigenvalue weighted by Gasteiger charge is -2.26. The van der Waals surface area contributed by atoms with E-state index >= 15 is 0 Å². The summed E-state index contributed by atoms with van der Waals surface area (Å²) in [6.45, 7) is 2.28. The maximum atomic E-state index is 12.1. The molecule has 1 aliphatic carbocycles. The Morgan fingerprint density at radius 2 is 1.58 bits per heavy atom. The highest BCUT2D eigenvalue weighted by atomic mass is 19.4. The molecule has 0 nitrogen and oxygen atoms in total. The Morgan fingerprint density at radius 3 is 2.11 bits per heavy atom. The van der Waals surface area contributed by atoms with E-state index in [4.69, 9.17) is 0 Å². The summed E-state index contributed by atoms with van der Waals surface area (Å²) in [6.07, 6.45) is 2.05. The summed E-state index contributed by atoms with van der Waals surface area (Å²) in [4.78, 5) is 0. The van der Waals surface area contributed by atoms with Crippen LogP contribution in [0.15, 0.2) is 30.3 Å². The highest BCUT2D eigenvalue weighted by Crippen LogP contribution is 2.35. The number of hydrogen-bond acceptors (Lipinski definition) is 0. The third kappa shape index (κ3) is 4.41. The minimum absolute atomic E-state index is 0.282. The summed E-state index contributed by atoms with van der Waals surface area (Å²) in [5.74, 6) is 1.39. The van der Waals surface area contributed by atoms with E-state index in [2.05, 4.69) is 6.92 Å². The van der Waals surface area contributed by atoms with Gasteiger partial charge in [0.25, 0.3) is 0 Å². The van der Waals surface area contributed by atoms with Crippen LogP contribution < -0.4 is 0 Å². The zero-order valence-electron chi connectivity index (χ0n) is 11.1. The Balaban J connectivity index is 2.00. The van der Waals surface area contributed by atoms with E-state index in [0.717, 1.165) is 12.0 Å². The molecule has 0 saturated heterocycles. The summed E-state index contributed by atoms with van der Waals surface area (Å²) < 4.78 is 36.2. The van der Waals surface area contributed by atoms with Gasteiger partial charge in [-0.3, -0.25) is 0 Å². The predicted octanol–water partition coefficient (Wildman–Crippen LogP) is 5.56. The van der Waals surface area contributed by atoms with Gasteiger partial charge < -0.3 is 0 Å². The van der Waals surface area contributed by atoms with Crippen LogP contribution in [0.4, 0.5) is 13.2 Å². The van der Waals surface area contributed by atoms with Gasteiger partial charge in [0.15, 0.2) is 0 Å². The van der Waals surface area contributed by atoms with E-state index in [1.165, 1.54) is 31.2 Å². The predicted molar refractivity (Wildman–Crippen MR) is 71.9 cm³/mol. The molecule has 0 bridgehead atoms. The molecule has 0 amide bonds. The SMILES string of the molecule is CC1CCC(c2ccc(C=CC(F)(F)F)cc2)CC1. The maximum Gasteiger partial charge on any atom is 0.409 e. The third-order valence-corrected chi connectivity index (χ3v) is 3.89. The van der Waals surface area contributed by atoms with Crippen LogP contribution in [0.1, 0.15) is 49.7 Å². The topological polar surface area (TPSA) is 0 Å². The summed E-state index contributed by atoms with van der Waals surface area (Å²) in [7, 11) is 0. The standard InChI is InChI=1S/C16H19F3/c1-12-2-6-14(7-3-12)15-8-4-13(5-9-15)10-11-16(17,18)19/h4-5,8-12,14H,2-3,6-7H2,1H3. The fourth-order valence-corrected chi connectivity index (χ4v) is 2.66. The minimum Gasteiger partial charge on any atom is -0.167 e. The molecule has 0 aliphatic heterocycles. The number of alkyl halides is 3. The second-order valence-corrected chi connectivity index (χ2v) is 5.50. The Kier molecular flexibility index (Phi) is 4.33. The van der Waals surface area contributed by atoms with Crippen LogP contribution in [-0.2, 0) is 0 Å². The first-order chi connectivity index (χ1) is 8.94. The molecule has 0 radical (unpaired) electrons. The maximum absolute atomic E-state index is 12.1. The van der Waals surface area contributed by atoms with Crippen LogP contribution in [0.2, 0.25) is 0 Å². The van der Waals surface area contributed by atoms with Gasteiger partial charge in [0.1, 0.15) is 0 Å². The van der Waals surface area contributed by atoms with E-state index in [1.807, 2.05) is 12.1 Å². The Bertz CT molecular complexity index is 420. The van der Waals surface area contributed by atoms with Crippen LogP contribution in [0, 0.1) is 5.92 Å². The first-order valence-corrected chi connectivity index (χ1v) is 6.80. The van der Waals surface area contributed by atoms with E-state index < -0.39 is 6.18 Å². The molecule has 0 spiro atoms. The quantitative estimate of drug-likeness (QED) is 0.659. The lowest BCUT2D eigenvalue weighted by molar-refractivity contribution is -0.0790. The number of rotatable bonds is 2. The molecular weight excluding hydrogens is 249 g/mol. The molecule has 1 saturated carbocycles. The third-order valence-electron chi connectivity index (χ3n) is 3.89. The Morgan fingerprint density at radius 1 is 1.00 bits per heavy atom. The number of benzene rings is 1. The van der Waals surface area contributed by atoms with Crippen molar-refractivity contribution >= 4 is 6.08 Å². The van der Waals surface area contributed by atoms with Gasteiger partial charge in [0.05, 0.1) is 0 Å². The largest absolute Gasteiger partial charge is 0.409 e. The molecule has 1 aromatic rings. The molecule has 0 heterocycles. The van der Waals surface area contributed by atoms with Gasteiger partial charge in [-0.25, -0.2) is 0 Å². The molecule has 19 heavy (non-hydrogen) atoms. The zero-order valence-corrected chi connectivity index (χ0v) is 11.1. The van der Waals surface area contributed by atoms with E-state index in [0.29, 0.717) is 11.5 Å². The van der Waals surface area contributed by atoms with Gasteiger partial charge in [-0.2, -0.15) is 13.2 Å². The lowest BCUT2D eigenvalue weighted by atomic mass is 9.79. The molecule has 104 valence electrons. The van der Waals surface area contributed by atoms with Crippen LogP contribution >= 0.6 is 0 Å². The van der Waals surface area contributed by atoms with Crippen molar-refractivity contribution in [1.82, 2.24) is 0 Å². The van der Waals surface area contributed by atoms with Crippen molar-refractivity contribution in [3.05, 3.63) is 41.5 Å². The zero-order chi connectivity index (χ0) is 13.9. The van der Waals surface area contributed by atoms with Crippen molar-refractivity contribution in [2.24, 2.45) is 5.92 Å². The normalized spacial score (nSPS) is 24.8. The van der Waals surface area contributed by atoms with Gasteiger partial charge in [-0.1, -0.05) is 50.1 Å². The Hall–Kier alpha value is -1.25. The Labute approximate surface area is 112 Å². The van der Waals surface area contributed by atoms with Crippen LogP contribution in [0.3, 0.4) is 0 Å². The first kappa shape index (κ1) is 14.2. The molecular formula is C16H19F3. The molecule has 1 fully saturated rings. The van der Waals surface area contributed by atoms with E-state index in [1.54, 1.807) is 12.1 Å². The highest BCUT2D eigenvalue weighted by Gasteiger charge is 2.22. The smallest absolute Gasteiger partial charge is 0.167 e. The molecule has 0 atom stereocenters. The fraction of sp³-hybridized carbons (Fsp3) is 0.500. The average molecular weight is 268 g/mol. The summed E-state index contributed by atoms with van der Waals surface area (Å²) in [6, 6.07) is 7.48. The molecule has 2 rings (SSSR count). The van der Waals surface area contributed by atoms with Crippen molar-refractivity contribution in [1.29, 1.82) is 0 Å². The monoisotopic (exact) mass is 268 g/mol. The molecule has 0 N–H and O–H groups in total. The molecule has 1 aromatic carbocycles. The molecule has 0 unspecified atom stereocenters. The number of allylic oxidation sites excluding steroid dienone is 1. The summed E-state index contributed by atoms with van der Waals surface area (Å²) in [5.41, 5.74) is 1.86. The van der Waals surface area contributed by atoms with Crippen molar-refractivity contribution in [2.45, 2.75) is 44.7 Å². The lowest BCUT2D eigenvalue weighted by Crippen LogP contribution is -2.10. The molecule has 0 aromatic heterocycles. The van der Waals surface area contributed by atoms with Gasteiger partial charge in [-0.05, 0) is 35.8 Å². The van der Waals surface area contributed by atoms with Crippen molar-refractivity contribution in [2.75, 3.05) is 0 Å². The van der Waals surface area contributed by atoms with Gasteiger partial charge >= 0.3 is 6.18 Å². The van der Waals surface area contributed by atoms with Gasteiger partial charge in [0, 0.05) is 6.08 Å². The molecule has 1 aliphatic rings. The highest BCUT2D eigenvalue weighted by molar-refractivity contribution is 5.50. The second kappa shape index (κ2) is 5.81. The van der Waals surface area contributed by atoms with E-state index in [9.17, 15) is 13.2 Å². The van der Waals surface area contributed by atoms with E-state index in [-0.39, 0.29) is 6.08 Å². The fourth-order valence-electron chi connectivity index (χ4n) is 2.66. The minimum atomic E-state index is -4.24. The van der Waals surface area contributed by atoms with Gasteiger partial charge in [-0.15, -0.1) is 0 Å². The van der Waals surface area contributed by atoms with Crippen LogP contribution in [-0.4, -0.2) is 6.18 Å². The average Bonchev–Trinajstić information content (AvgIpc) is 2.37. The molecule has 3 heteroatoms. The van der Waals surface area contributed by atoms with Crippen molar-refractivity contribution in [3.8, 4) is 0 Å². The summed E-state index contributed by atoms with van der Waals surface area (Å²) in [5, 5.41) is 0. The number of halogens is 3. The first-order valence-electron chi connectivity index (χ1n) is 6.80. The van der Waals surface area contributed by atoms with Gasteiger partial charge in [0.2, 0.25) is 0 Å². The van der Waals surface area contributed by atoms with Crippen LogP contribution in [0.25, 0.3) is 6.08 Å². The number of hydrogen-bond donors (Lipinski definition) is 0.